The Morgan fingerprint density at radius 3 is 2.50 bits per heavy atom. The molecule has 18 heavy (non-hydrogen) atoms. The standard InChI is InChI=1S/C11H8BrClF3NO/c12-7-4-10(18)17(5-7)9-2-1-6(3-8(9)13)11(14,15)16/h1-3,7H,4-5H2. The van der Waals surface area contributed by atoms with Crippen LogP contribution in [0.5, 0.6) is 0 Å². The fourth-order valence-electron chi connectivity index (χ4n) is 1.80. The third-order valence-corrected chi connectivity index (χ3v) is 3.56. The Morgan fingerprint density at radius 2 is 2.06 bits per heavy atom. The normalized spacial score (nSPS) is 20.6. The van der Waals surface area contributed by atoms with Gasteiger partial charge in [0.1, 0.15) is 0 Å². The summed E-state index contributed by atoms with van der Waals surface area (Å²) in [5, 5.41) is -0.0697. The molecular weight excluding hydrogens is 334 g/mol. The molecule has 1 aliphatic rings. The first-order chi connectivity index (χ1) is 8.29. The molecule has 1 saturated heterocycles. The van der Waals surface area contributed by atoms with E-state index >= 15 is 0 Å². The van der Waals surface area contributed by atoms with Crippen LogP contribution in [0.2, 0.25) is 5.02 Å². The predicted octanol–water partition coefficient (Wildman–Crippen LogP) is 3.86. The maximum atomic E-state index is 12.5. The van der Waals surface area contributed by atoms with E-state index in [1.54, 1.807) is 0 Å². The van der Waals surface area contributed by atoms with Gasteiger partial charge in [-0.15, -0.1) is 0 Å². The molecule has 1 atom stereocenters. The highest BCUT2D eigenvalue weighted by Crippen LogP contribution is 2.36. The number of halogens is 5. The molecule has 1 aromatic rings. The third kappa shape index (κ3) is 2.64. The van der Waals surface area contributed by atoms with Crippen LogP contribution in [0.15, 0.2) is 18.2 Å². The highest BCUT2D eigenvalue weighted by atomic mass is 79.9. The Labute approximate surface area is 115 Å². The molecular formula is C11H8BrClF3NO. The minimum Gasteiger partial charge on any atom is -0.310 e. The van der Waals surface area contributed by atoms with Crippen molar-refractivity contribution in [1.82, 2.24) is 0 Å². The van der Waals surface area contributed by atoms with Crippen molar-refractivity contribution in [3.05, 3.63) is 28.8 Å². The first-order valence-corrected chi connectivity index (χ1v) is 6.39. The lowest BCUT2D eigenvalue weighted by Gasteiger charge is -2.18. The van der Waals surface area contributed by atoms with E-state index in [4.69, 9.17) is 11.6 Å². The lowest BCUT2D eigenvalue weighted by molar-refractivity contribution is -0.137. The van der Waals surface area contributed by atoms with Crippen LogP contribution < -0.4 is 4.90 Å². The lowest BCUT2D eigenvalue weighted by atomic mass is 10.2. The van der Waals surface area contributed by atoms with E-state index in [-0.39, 0.29) is 15.8 Å². The van der Waals surface area contributed by atoms with Crippen LogP contribution in [0, 0.1) is 0 Å². The molecule has 0 radical (unpaired) electrons. The Bertz CT molecular complexity index is 492. The Hall–Kier alpha value is -0.750. The lowest BCUT2D eigenvalue weighted by Crippen LogP contribution is -2.25. The fourth-order valence-corrected chi connectivity index (χ4v) is 2.65. The largest absolute Gasteiger partial charge is 0.416 e. The number of carbonyl (C=O) groups excluding carboxylic acids is 1. The van der Waals surface area contributed by atoms with Gasteiger partial charge in [-0.05, 0) is 18.2 Å². The van der Waals surface area contributed by atoms with Crippen molar-refractivity contribution in [2.24, 2.45) is 0 Å². The van der Waals surface area contributed by atoms with Crippen LogP contribution in [0.1, 0.15) is 12.0 Å². The van der Waals surface area contributed by atoms with E-state index in [0.29, 0.717) is 18.7 Å². The van der Waals surface area contributed by atoms with Gasteiger partial charge >= 0.3 is 6.18 Å². The SMILES string of the molecule is O=C1CC(Br)CN1c1ccc(C(F)(F)F)cc1Cl. The highest BCUT2D eigenvalue weighted by molar-refractivity contribution is 9.09. The summed E-state index contributed by atoms with van der Waals surface area (Å²) < 4.78 is 37.4. The van der Waals surface area contributed by atoms with Crippen LogP contribution in [-0.4, -0.2) is 17.3 Å². The highest BCUT2D eigenvalue weighted by Gasteiger charge is 2.33. The van der Waals surface area contributed by atoms with Gasteiger partial charge in [-0.1, -0.05) is 27.5 Å². The van der Waals surface area contributed by atoms with Gasteiger partial charge in [-0.25, -0.2) is 0 Å². The molecule has 98 valence electrons. The minimum absolute atomic E-state index is 0.00311. The first kappa shape index (κ1) is 13.7. The van der Waals surface area contributed by atoms with Gasteiger partial charge in [0.25, 0.3) is 0 Å². The third-order valence-electron chi connectivity index (χ3n) is 2.64. The molecule has 0 aromatic heterocycles. The zero-order valence-electron chi connectivity index (χ0n) is 8.97. The fraction of sp³-hybridized carbons (Fsp3) is 0.364. The molecule has 0 bridgehead atoms. The Morgan fingerprint density at radius 1 is 1.39 bits per heavy atom. The van der Waals surface area contributed by atoms with Crippen molar-refractivity contribution in [1.29, 1.82) is 0 Å². The summed E-state index contributed by atoms with van der Waals surface area (Å²) in [7, 11) is 0. The molecule has 1 aliphatic heterocycles. The first-order valence-electron chi connectivity index (χ1n) is 5.10. The summed E-state index contributed by atoms with van der Waals surface area (Å²) in [4.78, 5) is 13.0. The molecule has 1 amide bonds. The van der Waals surface area contributed by atoms with Crippen LogP contribution in [0.4, 0.5) is 18.9 Å². The maximum absolute atomic E-state index is 12.5. The van der Waals surface area contributed by atoms with Crippen LogP contribution in [0.25, 0.3) is 0 Å². The number of hydrogen-bond donors (Lipinski definition) is 0. The number of hydrogen-bond acceptors (Lipinski definition) is 1. The predicted molar refractivity (Wildman–Crippen MR) is 66.1 cm³/mol. The average Bonchev–Trinajstić information content (AvgIpc) is 2.56. The van der Waals surface area contributed by atoms with E-state index in [2.05, 4.69) is 15.9 Å². The number of anilines is 1. The monoisotopic (exact) mass is 341 g/mol. The second-order valence-corrected chi connectivity index (χ2v) is 5.67. The molecule has 7 heteroatoms. The summed E-state index contributed by atoms with van der Waals surface area (Å²) in [6, 6.07) is 3.00. The van der Waals surface area contributed by atoms with Crippen molar-refractivity contribution in [2.45, 2.75) is 17.4 Å². The second kappa shape index (κ2) is 4.74. The molecule has 1 unspecified atom stereocenters. The molecule has 2 nitrogen and oxygen atoms in total. The quantitative estimate of drug-likeness (QED) is 0.710. The zero-order valence-corrected chi connectivity index (χ0v) is 11.3. The summed E-state index contributed by atoms with van der Waals surface area (Å²) >= 11 is 9.12. The van der Waals surface area contributed by atoms with Gasteiger partial charge in [0.05, 0.1) is 16.3 Å². The van der Waals surface area contributed by atoms with Gasteiger partial charge in [0, 0.05) is 17.8 Å². The minimum atomic E-state index is -4.44. The summed E-state index contributed by atoms with van der Waals surface area (Å²) in [6.07, 6.45) is -4.12. The summed E-state index contributed by atoms with van der Waals surface area (Å²) in [5.41, 5.74) is -0.505. The summed E-state index contributed by atoms with van der Waals surface area (Å²) in [6.45, 7) is 0.407. The van der Waals surface area contributed by atoms with Gasteiger partial charge in [-0.3, -0.25) is 4.79 Å². The molecule has 2 rings (SSSR count). The number of nitrogens with zero attached hydrogens (tertiary/aromatic N) is 1. The van der Waals surface area contributed by atoms with Gasteiger partial charge < -0.3 is 4.90 Å². The van der Waals surface area contributed by atoms with E-state index < -0.39 is 11.7 Å². The van der Waals surface area contributed by atoms with Crippen LogP contribution in [0.3, 0.4) is 0 Å². The van der Waals surface area contributed by atoms with Crippen molar-refractivity contribution in [2.75, 3.05) is 11.4 Å². The number of carbonyl (C=O) groups is 1. The Balaban J connectivity index is 2.34. The topological polar surface area (TPSA) is 20.3 Å². The second-order valence-electron chi connectivity index (χ2n) is 3.97. The van der Waals surface area contributed by atoms with Crippen molar-refractivity contribution in [3.8, 4) is 0 Å². The zero-order chi connectivity index (χ0) is 13.5. The van der Waals surface area contributed by atoms with Crippen molar-refractivity contribution >= 4 is 39.1 Å². The number of rotatable bonds is 1. The molecule has 0 spiro atoms. The van der Waals surface area contributed by atoms with Gasteiger partial charge in [0.2, 0.25) is 5.91 Å². The Kier molecular flexibility index (Phi) is 3.60. The van der Waals surface area contributed by atoms with Crippen molar-refractivity contribution in [3.63, 3.8) is 0 Å². The smallest absolute Gasteiger partial charge is 0.310 e. The molecule has 1 aromatic carbocycles. The van der Waals surface area contributed by atoms with Gasteiger partial charge in [-0.2, -0.15) is 13.2 Å². The number of amides is 1. The number of alkyl halides is 4. The van der Waals surface area contributed by atoms with Gasteiger partial charge in [0.15, 0.2) is 0 Å². The van der Waals surface area contributed by atoms with E-state index in [9.17, 15) is 18.0 Å². The average molecular weight is 343 g/mol. The van der Waals surface area contributed by atoms with E-state index in [0.717, 1.165) is 12.1 Å². The molecule has 1 fully saturated rings. The maximum Gasteiger partial charge on any atom is 0.416 e. The molecule has 0 N–H and O–H groups in total. The van der Waals surface area contributed by atoms with Crippen molar-refractivity contribution < 1.29 is 18.0 Å². The van der Waals surface area contributed by atoms with Crippen LogP contribution in [-0.2, 0) is 11.0 Å². The summed E-state index contributed by atoms with van der Waals surface area (Å²) in [5.74, 6) is -0.154. The molecule has 1 heterocycles. The van der Waals surface area contributed by atoms with Crippen LogP contribution >= 0.6 is 27.5 Å². The molecule has 0 aliphatic carbocycles. The van der Waals surface area contributed by atoms with E-state index in [1.807, 2.05) is 0 Å². The molecule has 0 saturated carbocycles. The van der Waals surface area contributed by atoms with E-state index in [1.165, 1.54) is 11.0 Å². The number of benzene rings is 1.